The largest absolute Gasteiger partial charge is 1.00 e. The van der Waals surface area contributed by atoms with Gasteiger partial charge >= 0.3 is 170 Å². The summed E-state index contributed by atoms with van der Waals surface area (Å²) in [4.78, 5) is 7.64. The molecular weight excluding hydrogens is 1880 g/mol. The van der Waals surface area contributed by atoms with E-state index in [1.54, 1.807) is 155 Å². The second-order valence-corrected chi connectivity index (χ2v) is 37.1. The first-order valence-electron chi connectivity index (χ1n) is 41.1. The van der Waals surface area contributed by atoms with E-state index < -0.39 is 140 Å². The predicted octanol–water partition coefficient (Wildman–Crippen LogP) is -14.2. The van der Waals surface area contributed by atoms with Crippen molar-refractivity contribution in [3.63, 3.8) is 0 Å². The van der Waals surface area contributed by atoms with Crippen molar-refractivity contribution in [2.75, 3.05) is 207 Å². The summed E-state index contributed by atoms with van der Waals surface area (Å²) in [7, 11) is -19.0. The Balaban J connectivity index is -0.000000774. The number of aliphatic hydroxyl groups is 10. The van der Waals surface area contributed by atoms with Crippen molar-refractivity contribution in [2.45, 2.75) is 101 Å². The molecule has 0 saturated carbocycles. The molecule has 0 radical (unpaired) electrons. The second-order valence-electron chi connectivity index (χ2n) is 29.5. The van der Waals surface area contributed by atoms with Crippen LogP contribution in [-0.4, -0.2) is 396 Å². The van der Waals surface area contributed by atoms with Gasteiger partial charge in [0, 0.05) is 126 Å². The number of aliphatic hydroxyl groups excluding tert-OH is 10. The molecule has 10 atom stereocenters. The molecule has 0 aliphatic rings. The Morgan fingerprint density at radius 2 is 0.455 bits per heavy atom. The SMILES string of the molecule is CCCCOCC(O)CN(CCS(=O)(=O)[O-])CC(O)COCCCC.COCC(O)CN(CCS(=O)(=O)[O-])CC(O)COC.O=S(=O)([O-])CCN(CC(O)COc1ccccc1)CC(O)COc1ccccc1.O=S(=O)([O-])CCN(CC(O)COc1ccccc1)CC(O)COc1ccccc1.O=S(=O)([O-])CCN(CC(O)c1ccccc1)CC(O)c1ccccc1.[K+].[K+].[Li+].[Li+].[Na+]. The van der Waals surface area contributed by atoms with Crippen LogP contribution in [0.1, 0.15) is 62.9 Å². The van der Waals surface area contributed by atoms with Gasteiger partial charge in [0.1, 0.15) is 73.8 Å². The molecule has 0 heterocycles. The molecule has 0 bridgehead atoms. The first kappa shape index (κ1) is 137. The number of unbranched alkanes of at least 4 members (excludes halogenated alkanes) is 2. The minimum Gasteiger partial charge on any atom is -0.748 e. The number of methoxy groups -OCH3 is 2. The van der Waals surface area contributed by atoms with Gasteiger partial charge < -0.3 is 112 Å². The topological polar surface area (TPSA) is 578 Å². The minimum absolute atomic E-state index is 0. The molecule has 10 N–H and O–H groups in total. The van der Waals surface area contributed by atoms with Crippen LogP contribution in [0.15, 0.2) is 182 Å². The number of benzene rings is 6. The van der Waals surface area contributed by atoms with Crippen LogP contribution in [0, 0.1) is 0 Å². The first-order valence-corrected chi connectivity index (χ1v) is 49.0. The van der Waals surface area contributed by atoms with Crippen LogP contribution >= 0.6 is 0 Å². The summed E-state index contributed by atoms with van der Waals surface area (Å²) < 4.78 is 205. The van der Waals surface area contributed by atoms with Crippen LogP contribution in [0.4, 0.5) is 0 Å². The van der Waals surface area contributed by atoms with Gasteiger partial charge in [-0.15, -0.1) is 0 Å². The molecule has 48 heteroatoms. The molecule has 0 fully saturated rings. The molecule has 0 aliphatic carbocycles. The summed E-state index contributed by atoms with van der Waals surface area (Å²) >= 11 is 0. The average molecular weight is 2010 g/mol. The maximum Gasteiger partial charge on any atom is 1.00 e. The normalized spacial score (nSPS) is 13.8. The van der Waals surface area contributed by atoms with Gasteiger partial charge in [0.25, 0.3) is 0 Å². The summed E-state index contributed by atoms with van der Waals surface area (Å²) in [5.41, 5.74) is 1.37. The molecule has 0 aromatic heterocycles. The number of hydrogen-bond donors (Lipinski definition) is 10. The van der Waals surface area contributed by atoms with E-state index in [1.165, 1.54) is 28.9 Å². The van der Waals surface area contributed by atoms with Crippen molar-refractivity contribution in [1.29, 1.82) is 0 Å². The van der Waals surface area contributed by atoms with Gasteiger partial charge in [-0.2, -0.15) is 0 Å². The third-order valence-electron chi connectivity index (χ3n) is 17.6. The Labute approximate surface area is 911 Å². The molecule has 0 spiro atoms. The summed E-state index contributed by atoms with van der Waals surface area (Å²) in [6.45, 7) is 5.95. The van der Waals surface area contributed by atoms with Crippen molar-refractivity contribution in [3.8, 4) is 23.0 Å². The predicted molar refractivity (Wildman–Crippen MR) is 469 cm³/mol. The van der Waals surface area contributed by atoms with Crippen molar-refractivity contribution >= 4 is 50.6 Å². The zero-order valence-electron chi connectivity index (χ0n) is 77.3. The molecule has 6 aromatic rings. The smallest absolute Gasteiger partial charge is 0.748 e. The summed E-state index contributed by atoms with van der Waals surface area (Å²) in [5, 5.41) is 101. The maximum absolute atomic E-state index is 11.0. The Kier molecular flexibility index (Phi) is 83.3. The van der Waals surface area contributed by atoms with E-state index >= 15 is 0 Å². The third-order valence-corrected chi connectivity index (χ3v) is 21.0. The Bertz CT molecular complexity index is 4020. The van der Waals surface area contributed by atoms with Crippen LogP contribution in [-0.2, 0) is 69.5 Å². The average Bonchev–Trinajstić information content (AvgIpc) is 0.899. The Morgan fingerprint density at radius 3 is 0.636 bits per heavy atom. The second kappa shape index (κ2) is 80.2. The Hall–Kier alpha value is -1.22. The van der Waals surface area contributed by atoms with Crippen LogP contribution in [0.2, 0.25) is 0 Å². The van der Waals surface area contributed by atoms with Gasteiger partial charge in [-0.1, -0.05) is 160 Å². The molecular formula is C84H130K2Li2N5NaO33S5. The fraction of sp³-hybridized carbons (Fsp3) is 0.571. The molecule has 10 unspecified atom stereocenters. The van der Waals surface area contributed by atoms with Crippen LogP contribution in [0.3, 0.4) is 0 Å². The van der Waals surface area contributed by atoms with Gasteiger partial charge in [0.2, 0.25) is 0 Å². The summed E-state index contributed by atoms with van der Waals surface area (Å²) in [6, 6.07) is 53.7. The van der Waals surface area contributed by atoms with E-state index in [9.17, 15) is 116 Å². The fourth-order valence-electron chi connectivity index (χ4n) is 11.5. The fourth-order valence-corrected chi connectivity index (χ4v) is 13.9. The number of rotatable bonds is 63. The van der Waals surface area contributed by atoms with E-state index in [0.29, 0.717) is 47.3 Å². The van der Waals surface area contributed by atoms with Gasteiger partial charge in [-0.3, -0.25) is 24.5 Å². The van der Waals surface area contributed by atoms with Crippen LogP contribution < -0.4 is 189 Å². The molecule has 132 heavy (non-hydrogen) atoms. The zero-order valence-corrected chi connectivity index (χ0v) is 89.6. The van der Waals surface area contributed by atoms with Crippen LogP contribution in [0.25, 0.3) is 0 Å². The number of para-hydroxylation sites is 4. The zero-order chi connectivity index (χ0) is 94.5. The summed E-state index contributed by atoms with van der Waals surface area (Å²) in [5.74, 6) is -0.583. The molecule has 6 rings (SSSR count). The van der Waals surface area contributed by atoms with Crippen molar-refractivity contribution in [3.05, 3.63) is 193 Å². The van der Waals surface area contributed by atoms with Gasteiger partial charge in [0.05, 0.1) is 142 Å². The molecule has 0 saturated heterocycles. The van der Waals surface area contributed by atoms with E-state index in [-0.39, 0.29) is 321 Å². The van der Waals surface area contributed by atoms with Gasteiger partial charge in [-0.25, -0.2) is 42.1 Å². The van der Waals surface area contributed by atoms with E-state index in [0.717, 1.165) is 25.7 Å². The quantitative estimate of drug-likeness (QED) is 0.00963. The van der Waals surface area contributed by atoms with Crippen molar-refractivity contribution < 1.29 is 324 Å². The first-order chi connectivity index (χ1) is 60.0. The monoisotopic (exact) mass is 2010 g/mol. The van der Waals surface area contributed by atoms with Crippen molar-refractivity contribution in [1.82, 2.24) is 24.5 Å². The standard InChI is InChI=1S/2C20H27NO7S.C18H23NO5S.C16H35NO7S.C10H23NO7S.2K.2Li.Na/c2*22-17(15-27-19-7-3-1-4-8-19)13-21(11-12-29(24,25)26)14-18(23)16-28-20-9-5-2-6-10-20;20-17(15-7-3-1-4-8-15)13-19(11-12-25(22,23)24)14-18(21)16-9-5-2-6-10-16;1-3-5-8-23-13-15(18)11-17(7-10-25(20,21)22)12-16(19)14-24-9-6-4-2;1-17-7-9(12)5-11(3-4-19(14,15)16)6-10(13)8-18-2;;;;;/h2*1-10,17-18,22-23H,11-16H2,(H,24,25,26);1-10,17-18,20-21H,11-14H2,(H,22,23,24);15-16,18-19H,3-14H2,1-2H3,(H,20,21,22);9-10,12-13H,3-8H2,1-2H3,(H,14,15,16);;;;;/q;;;;;5*+1/p-5. The van der Waals surface area contributed by atoms with E-state index in [1.807, 2.05) is 50.2 Å². The summed E-state index contributed by atoms with van der Waals surface area (Å²) in [6.07, 6.45) is -4.95. The van der Waals surface area contributed by atoms with Crippen molar-refractivity contribution in [2.24, 2.45) is 0 Å². The van der Waals surface area contributed by atoms with Crippen LogP contribution in [0.5, 0.6) is 23.0 Å². The van der Waals surface area contributed by atoms with Gasteiger partial charge in [0.15, 0.2) is 0 Å². The van der Waals surface area contributed by atoms with Gasteiger partial charge in [-0.05, 0) is 72.5 Å². The van der Waals surface area contributed by atoms with E-state index in [2.05, 4.69) is 0 Å². The Morgan fingerprint density at radius 1 is 0.280 bits per heavy atom. The molecule has 724 valence electrons. The third kappa shape index (κ3) is 79.4. The maximum atomic E-state index is 11.0. The number of ether oxygens (including phenoxy) is 8. The number of nitrogens with zero attached hydrogens (tertiary/aromatic N) is 5. The molecule has 0 amide bonds. The van der Waals surface area contributed by atoms with E-state index in [4.69, 9.17) is 37.9 Å². The molecule has 38 nitrogen and oxygen atoms in total. The number of hydrogen-bond acceptors (Lipinski definition) is 38. The molecule has 6 aromatic carbocycles. The molecule has 0 aliphatic heterocycles. The minimum atomic E-state index is -4.42.